The third-order valence-electron chi connectivity index (χ3n) is 22.5. The number of para-hydroxylation sites is 6. The van der Waals surface area contributed by atoms with Crippen molar-refractivity contribution in [2.24, 2.45) is 0 Å². The first-order valence-corrected chi connectivity index (χ1v) is 36.5. The van der Waals surface area contributed by atoms with Crippen LogP contribution < -0.4 is 41.5 Å². The number of fused-ring (bicyclic) bond motifs is 14. The lowest BCUT2D eigenvalue weighted by Gasteiger charge is -2.45. The monoisotopic (exact) mass is 1320 g/mol. The van der Waals surface area contributed by atoms with E-state index in [1.165, 1.54) is 110 Å². The van der Waals surface area contributed by atoms with Crippen LogP contribution in [0.3, 0.4) is 0 Å². The summed E-state index contributed by atoms with van der Waals surface area (Å²) < 4.78 is 5.58. The van der Waals surface area contributed by atoms with Gasteiger partial charge in [0.15, 0.2) is 0 Å². The van der Waals surface area contributed by atoms with Crippen LogP contribution in [-0.4, -0.2) is 22.7 Å². The zero-order valence-electron chi connectivity index (χ0n) is 60.4. The molecule has 0 aliphatic carbocycles. The molecule has 0 spiro atoms. The van der Waals surface area contributed by atoms with Crippen LogP contribution in [0.15, 0.2) is 279 Å². The van der Waals surface area contributed by atoms with Crippen LogP contribution in [0.1, 0.15) is 105 Å². The van der Waals surface area contributed by atoms with Crippen molar-refractivity contribution in [2.75, 3.05) is 19.6 Å². The highest BCUT2D eigenvalue weighted by molar-refractivity contribution is 6.93. The molecule has 4 aliphatic heterocycles. The molecule has 19 rings (SSSR count). The fourth-order valence-electron chi connectivity index (χ4n) is 17.5. The van der Waals surface area contributed by atoms with E-state index in [0.717, 1.165) is 68.2 Å². The third-order valence-corrected chi connectivity index (χ3v) is 22.5. The van der Waals surface area contributed by atoms with E-state index in [2.05, 4.69) is 391 Å². The Kier molecular flexibility index (Phi) is 13.4. The zero-order valence-corrected chi connectivity index (χ0v) is 60.4. The highest BCUT2D eigenvalue weighted by atomic mass is 15.2. The fourth-order valence-corrected chi connectivity index (χ4v) is 17.5. The van der Waals surface area contributed by atoms with Gasteiger partial charge in [-0.05, 0) is 229 Å². The van der Waals surface area contributed by atoms with Crippen molar-refractivity contribution in [2.45, 2.75) is 105 Å². The summed E-state index contributed by atoms with van der Waals surface area (Å²) in [6.07, 6.45) is 0. The largest absolute Gasteiger partial charge is 0.375 e. The summed E-state index contributed by atoms with van der Waals surface area (Å²) >= 11 is 0. The predicted octanol–water partition coefficient (Wildman–Crippen LogP) is 22.9. The van der Waals surface area contributed by atoms with Crippen LogP contribution in [0.2, 0.25) is 0 Å². The SMILES string of the molecule is CC(C)(C)c1ccc2c(c1)c1cc(C(C)(C)C)cc3c1n2B1c2cc4c(cc2N(c2ccccc2)c2cc(N(c5ccccc5)c5ccccc5)cc-3c21)N(c1ccccc1)c1cc(N(c2ccccc2)c2ccccc2)cc2c1B4n1c3ccc(C(C)(C)C)cc3c3cc(C(C)(C)C)cc-2c31. The Morgan fingerprint density at radius 2 is 0.569 bits per heavy atom. The van der Waals surface area contributed by atoms with Crippen LogP contribution in [0.4, 0.5) is 68.2 Å². The molecule has 8 heteroatoms. The average Bonchev–Trinajstić information content (AvgIpc) is 1.23. The molecular formula is C94H82B2N6. The Labute approximate surface area is 600 Å². The molecule has 2 aromatic heterocycles. The van der Waals surface area contributed by atoms with Crippen LogP contribution in [0, 0.1) is 0 Å². The maximum atomic E-state index is 2.79. The van der Waals surface area contributed by atoms with Gasteiger partial charge >= 0.3 is 13.7 Å². The first kappa shape index (κ1) is 61.8. The minimum atomic E-state index is -0.264. The van der Waals surface area contributed by atoms with E-state index >= 15 is 0 Å². The average molecular weight is 1320 g/mol. The first-order valence-electron chi connectivity index (χ1n) is 36.5. The van der Waals surface area contributed by atoms with Gasteiger partial charge in [-0.15, -0.1) is 0 Å². The molecule has 0 saturated heterocycles. The van der Waals surface area contributed by atoms with Gasteiger partial charge in [-0.1, -0.05) is 210 Å². The first-order chi connectivity index (χ1) is 49.2. The number of anilines is 12. The molecule has 6 heterocycles. The summed E-state index contributed by atoms with van der Waals surface area (Å²) in [7, 11) is 0. The van der Waals surface area contributed by atoms with Crippen molar-refractivity contribution in [3.63, 3.8) is 0 Å². The molecule has 13 aromatic carbocycles. The zero-order chi connectivity index (χ0) is 69.6. The maximum absolute atomic E-state index is 2.79. The van der Waals surface area contributed by atoms with Crippen molar-refractivity contribution in [1.29, 1.82) is 0 Å². The van der Waals surface area contributed by atoms with Crippen LogP contribution in [0.5, 0.6) is 0 Å². The van der Waals surface area contributed by atoms with Crippen molar-refractivity contribution < 1.29 is 0 Å². The molecule has 102 heavy (non-hydrogen) atoms. The number of hydrogen-bond acceptors (Lipinski definition) is 4. The van der Waals surface area contributed by atoms with Gasteiger partial charge < -0.3 is 28.6 Å². The van der Waals surface area contributed by atoms with Crippen molar-refractivity contribution >= 4 is 147 Å². The number of nitrogens with zero attached hydrogens (tertiary/aromatic N) is 6. The van der Waals surface area contributed by atoms with Gasteiger partial charge in [-0.2, -0.15) is 0 Å². The lowest BCUT2D eigenvalue weighted by atomic mass is 9.41. The van der Waals surface area contributed by atoms with Gasteiger partial charge in [0.25, 0.3) is 0 Å². The van der Waals surface area contributed by atoms with Gasteiger partial charge in [-0.25, -0.2) is 0 Å². The van der Waals surface area contributed by atoms with Gasteiger partial charge in [0, 0.05) is 123 Å². The van der Waals surface area contributed by atoms with Gasteiger partial charge in [0.1, 0.15) is 0 Å². The number of aromatic nitrogens is 2. The summed E-state index contributed by atoms with van der Waals surface area (Å²) in [5.41, 5.74) is 33.3. The molecule has 0 unspecified atom stereocenters. The van der Waals surface area contributed by atoms with E-state index in [1.54, 1.807) is 0 Å². The lowest BCUT2D eigenvalue weighted by molar-refractivity contribution is 0.590. The Balaban J connectivity index is 0.997. The molecule has 0 bridgehead atoms. The quantitative estimate of drug-likeness (QED) is 0.141. The summed E-state index contributed by atoms with van der Waals surface area (Å²) in [5.74, 6) is 0. The number of benzene rings is 13. The maximum Gasteiger partial charge on any atom is 0.333 e. The van der Waals surface area contributed by atoms with Crippen LogP contribution >= 0.6 is 0 Å². The Morgan fingerprint density at radius 1 is 0.255 bits per heavy atom. The summed E-state index contributed by atoms with van der Waals surface area (Å²) in [6.45, 7) is 27.9. The minimum Gasteiger partial charge on any atom is -0.375 e. The van der Waals surface area contributed by atoms with Crippen LogP contribution in [0.25, 0.3) is 65.9 Å². The second kappa shape index (κ2) is 22.1. The smallest absolute Gasteiger partial charge is 0.333 e. The van der Waals surface area contributed by atoms with Gasteiger partial charge in [-0.3, -0.25) is 0 Å². The standard InChI is InChI=1S/C94H82B2N6/c1-91(2,3)59-43-45-81-71(47-59)75-49-61(93(7,8)9)51-77-73-53-69(97(63-31-19-13-20-32-63)64-33-21-14-22-34-64)55-85-87(73)95(101(81)89(75)77)79-57-80-84(58-83(79)99(85)67-39-27-17-28-40-67)100(68-41-29-18-30-42-68)86-56-70(98(65-35-23-15-24-36-65)66-37-25-16-26-38-66)54-74-78-52-62(94(10,11)12)50-76-72-48-60(92(4,5)6)44-46-82(72)102(90(76)78)96(80)88(74)86/h13-58H,1-12H3. The molecule has 0 fully saturated rings. The van der Waals surface area contributed by atoms with E-state index < -0.39 is 0 Å². The summed E-state index contributed by atoms with van der Waals surface area (Å²) in [6, 6.07) is 107. The molecule has 6 nitrogen and oxygen atoms in total. The Bertz CT molecular complexity index is 5490. The highest BCUT2D eigenvalue weighted by Gasteiger charge is 2.49. The minimum absolute atomic E-state index is 0.0828. The van der Waals surface area contributed by atoms with Crippen molar-refractivity contribution in [3.05, 3.63) is 301 Å². The number of rotatable bonds is 8. The van der Waals surface area contributed by atoms with E-state index in [4.69, 9.17) is 0 Å². The molecule has 0 radical (unpaired) electrons. The van der Waals surface area contributed by atoms with E-state index in [0.29, 0.717) is 0 Å². The normalized spacial score (nSPS) is 13.6. The van der Waals surface area contributed by atoms with E-state index in [1.807, 2.05) is 0 Å². The fraction of sp³-hybridized carbons (Fsp3) is 0.170. The molecule has 0 saturated carbocycles. The third kappa shape index (κ3) is 9.33. The van der Waals surface area contributed by atoms with Crippen molar-refractivity contribution in [3.8, 4) is 22.3 Å². The summed E-state index contributed by atoms with van der Waals surface area (Å²) in [5, 5.41) is 5.17. The van der Waals surface area contributed by atoms with Crippen LogP contribution in [-0.2, 0) is 21.7 Å². The highest BCUT2D eigenvalue weighted by Crippen LogP contribution is 2.54. The second-order valence-electron chi connectivity index (χ2n) is 33.0. The molecule has 15 aromatic rings. The molecule has 0 atom stereocenters. The molecule has 4 aliphatic rings. The van der Waals surface area contributed by atoms with Gasteiger partial charge in [0.2, 0.25) is 0 Å². The van der Waals surface area contributed by atoms with Crippen molar-refractivity contribution in [1.82, 2.24) is 8.96 Å². The Hall–Kier alpha value is -11.2. The molecule has 0 amide bonds. The number of hydrogen-bond donors (Lipinski definition) is 0. The van der Waals surface area contributed by atoms with Gasteiger partial charge in [0.05, 0.1) is 0 Å². The second-order valence-corrected chi connectivity index (χ2v) is 33.0. The lowest BCUT2D eigenvalue weighted by Crippen LogP contribution is -2.61. The Morgan fingerprint density at radius 3 is 0.892 bits per heavy atom. The molecule has 494 valence electrons. The summed E-state index contributed by atoms with van der Waals surface area (Å²) in [4.78, 5) is 10.2. The predicted molar refractivity (Wildman–Crippen MR) is 438 cm³/mol. The van der Waals surface area contributed by atoms with E-state index in [9.17, 15) is 0 Å². The van der Waals surface area contributed by atoms with E-state index in [-0.39, 0.29) is 35.4 Å². The topological polar surface area (TPSA) is 22.8 Å². The molecule has 0 N–H and O–H groups in total. The molecular weight excluding hydrogens is 1230 g/mol.